The number of aryl methyl sites for hydroxylation is 2. The number of aromatic nitrogens is 1. The molecule has 5 heteroatoms. The summed E-state index contributed by atoms with van der Waals surface area (Å²) in [5, 5.41) is 6.79. The lowest BCUT2D eigenvalue weighted by Gasteiger charge is -2.17. The van der Waals surface area contributed by atoms with Crippen LogP contribution in [0.2, 0.25) is 0 Å². The predicted molar refractivity (Wildman–Crippen MR) is 75.9 cm³/mol. The standard InChI is InChI=1S/C15H19N3O2/c1-9(13-10(2)18-20-11(13)3)17-15(19)14(16)12-7-5-4-6-8-12/h4-9,14H,16H2,1-3H3,(H,17,19)/t9?,14-/m1/s1. The molecule has 2 rings (SSSR count). The fourth-order valence-corrected chi connectivity index (χ4v) is 2.30. The average Bonchev–Trinajstić information content (AvgIpc) is 2.78. The van der Waals surface area contributed by atoms with Crippen molar-refractivity contribution >= 4 is 5.91 Å². The molecule has 0 radical (unpaired) electrons. The highest BCUT2D eigenvalue weighted by Crippen LogP contribution is 2.21. The van der Waals surface area contributed by atoms with Gasteiger partial charge in [-0.25, -0.2) is 0 Å². The van der Waals surface area contributed by atoms with Gasteiger partial charge in [0.1, 0.15) is 11.8 Å². The zero-order chi connectivity index (χ0) is 14.7. The molecule has 1 unspecified atom stereocenters. The minimum absolute atomic E-state index is 0.191. The van der Waals surface area contributed by atoms with E-state index in [4.69, 9.17) is 10.3 Å². The van der Waals surface area contributed by atoms with Gasteiger partial charge in [-0.2, -0.15) is 0 Å². The summed E-state index contributed by atoms with van der Waals surface area (Å²) in [5.41, 5.74) is 8.44. The SMILES string of the molecule is Cc1noc(C)c1C(C)NC(=O)[C@H](N)c1ccccc1. The van der Waals surface area contributed by atoms with Crippen molar-refractivity contribution < 1.29 is 9.32 Å². The van der Waals surface area contributed by atoms with Crippen LogP contribution in [0.25, 0.3) is 0 Å². The number of benzene rings is 1. The Bertz CT molecular complexity index is 573. The van der Waals surface area contributed by atoms with Gasteiger partial charge in [-0.05, 0) is 26.3 Å². The van der Waals surface area contributed by atoms with Crippen LogP contribution < -0.4 is 11.1 Å². The maximum absolute atomic E-state index is 12.2. The molecule has 3 N–H and O–H groups in total. The van der Waals surface area contributed by atoms with Gasteiger partial charge in [0.15, 0.2) is 0 Å². The van der Waals surface area contributed by atoms with E-state index >= 15 is 0 Å². The third-order valence-corrected chi connectivity index (χ3v) is 3.32. The van der Waals surface area contributed by atoms with Gasteiger partial charge in [-0.1, -0.05) is 35.5 Å². The third-order valence-electron chi connectivity index (χ3n) is 3.32. The first-order chi connectivity index (χ1) is 9.50. The van der Waals surface area contributed by atoms with Gasteiger partial charge in [0, 0.05) is 5.56 Å². The first-order valence-electron chi connectivity index (χ1n) is 6.54. The molecular formula is C15H19N3O2. The van der Waals surface area contributed by atoms with E-state index < -0.39 is 6.04 Å². The predicted octanol–water partition coefficient (Wildman–Crippen LogP) is 2.17. The largest absolute Gasteiger partial charge is 0.361 e. The van der Waals surface area contributed by atoms with E-state index in [1.165, 1.54) is 0 Å². The van der Waals surface area contributed by atoms with E-state index in [1.807, 2.05) is 51.1 Å². The Kier molecular flexibility index (Phi) is 4.20. The van der Waals surface area contributed by atoms with Crippen molar-refractivity contribution in [2.24, 2.45) is 5.73 Å². The van der Waals surface area contributed by atoms with Gasteiger partial charge in [0.05, 0.1) is 11.7 Å². The number of amides is 1. The highest BCUT2D eigenvalue weighted by Gasteiger charge is 2.22. The van der Waals surface area contributed by atoms with Gasteiger partial charge in [0.25, 0.3) is 0 Å². The van der Waals surface area contributed by atoms with Crippen LogP contribution in [-0.2, 0) is 4.79 Å². The maximum Gasteiger partial charge on any atom is 0.241 e. The molecule has 1 amide bonds. The minimum Gasteiger partial charge on any atom is -0.361 e. The fourth-order valence-electron chi connectivity index (χ4n) is 2.30. The molecule has 106 valence electrons. The number of rotatable bonds is 4. The number of carbonyl (C=O) groups is 1. The van der Waals surface area contributed by atoms with Crippen molar-refractivity contribution in [3.8, 4) is 0 Å². The van der Waals surface area contributed by atoms with Gasteiger partial charge < -0.3 is 15.6 Å². The number of nitrogens with one attached hydrogen (secondary N) is 1. The average molecular weight is 273 g/mol. The van der Waals surface area contributed by atoms with Gasteiger partial charge in [0.2, 0.25) is 5.91 Å². The minimum atomic E-state index is -0.681. The van der Waals surface area contributed by atoms with Crippen molar-refractivity contribution in [3.05, 3.63) is 52.9 Å². The highest BCUT2D eigenvalue weighted by atomic mass is 16.5. The zero-order valence-corrected chi connectivity index (χ0v) is 11.9. The first-order valence-corrected chi connectivity index (χ1v) is 6.54. The molecule has 1 aromatic heterocycles. The number of carbonyl (C=O) groups excluding carboxylic acids is 1. The van der Waals surface area contributed by atoms with Crippen LogP contribution in [0.15, 0.2) is 34.9 Å². The number of nitrogens with zero attached hydrogens (tertiary/aromatic N) is 1. The Morgan fingerprint density at radius 1 is 1.30 bits per heavy atom. The molecule has 0 saturated carbocycles. The lowest BCUT2D eigenvalue weighted by Crippen LogP contribution is -2.36. The summed E-state index contributed by atoms with van der Waals surface area (Å²) in [6.07, 6.45) is 0. The molecule has 0 aliphatic rings. The first kappa shape index (κ1) is 14.3. The van der Waals surface area contributed by atoms with Crippen molar-refractivity contribution in [3.63, 3.8) is 0 Å². The highest BCUT2D eigenvalue weighted by molar-refractivity contribution is 5.83. The van der Waals surface area contributed by atoms with E-state index in [0.717, 1.165) is 16.8 Å². The molecule has 1 aromatic carbocycles. The summed E-state index contributed by atoms with van der Waals surface area (Å²) in [6, 6.07) is 8.42. The molecule has 0 bridgehead atoms. The van der Waals surface area contributed by atoms with Crippen LogP contribution in [0.5, 0.6) is 0 Å². The molecule has 5 nitrogen and oxygen atoms in total. The summed E-state index contributed by atoms with van der Waals surface area (Å²) in [7, 11) is 0. The molecule has 1 heterocycles. The van der Waals surface area contributed by atoms with Crippen LogP contribution in [0, 0.1) is 13.8 Å². The summed E-state index contributed by atoms with van der Waals surface area (Å²) in [4.78, 5) is 12.2. The van der Waals surface area contributed by atoms with Crippen LogP contribution in [-0.4, -0.2) is 11.1 Å². The molecule has 2 aromatic rings. The van der Waals surface area contributed by atoms with Crippen molar-refractivity contribution in [2.45, 2.75) is 32.9 Å². The quantitative estimate of drug-likeness (QED) is 0.894. The van der Waals surface area contributed by atoms with Gasteiger partial charge in [-0.15, -0.1) is 0 Å². The molecule has 0 aliphatic heterocycles. The van der Waals surface area contributed by atoms with Crippen LogP contribution in [0.1, 0.15) is 41.6 Å². The second-order valence-corrected chi connectivity index (χ2v) is 4.86. The van der Waals surface area contributed by atoms with Gasteiger partial charge >= 0.3 is 0 Å². The summed E-state index contributed by atoms with van der Waals surface area (Å²) in [6.45, 7) is 5.57. The second-order valence-electron chi connectivity index (χ2n) is 4.86. The third kappa shape index (κ3) is 2.88. The Morgan fingerprint density at radius 2 is 1.95 bits per heavy atom. The van der Waals surface area contributed by atoms with Crippen LogP contribution in [0.4, 0.5) is 0 Å². The lowest BCUT2D eigenvalue weighted by atomic mass is 10.0. The van der Waals surface area contributed by atoms with Crippen LogP contribution in [0.3, 0.4) is 0 Å². The molecule has 0 fully saturated rings. The Hall–Kier alpha value is -2.14. The summed E-state index contributed by atoms with van der Waals surface area (Å²) in [5.74, 6) is 0.493. The second kappa shape index (κ2) is 5.88. The van der Waals surface area contributed by atoms with E-state index in [9.17, 15) is 4.79 Å². The Balaban J connectivity index is 2.08. The molecule has 0 spiro atoms. The Labute approximate surface area is 118 Å². The van der Waals surface area contributed by atoms with E-state index in [2.05, 4.69) is 10.5 Å². The van der Waals surface area contributed by atoms with E-state index in [0.29, 0.717) is 5.76 Å². The molecular weight excluding hydrogens is 254 g/mol. The maximum atomic E-state index is 12.2. The van der Waals surface area contributed by atoms with Gasteiger partial charge in [-0.3, -0.25) is 4.79 Å². The monoisotopic (exact) mass is 273 g/mol. The number of hydrogen-bond acceptors (Lipinski definition) is 4. The Morgan fingerprint density at radius 3 is 2.50 bits per heavy atom. The number of hydrogen-bond donors (Lipinski definition) is 2. The number of nitrogens with two attached hydrogens (primary N) is 1. The van der Waals surface area contributed by atoms with Crippen LogP contribution >= 0.6 is 0 Å². The van der Waals surface area contributed by atoms with Crippen molar-refractivity contribution in [1.82, 2.24) is 10.5 Å². The molecule has 0 aliphatic carbocycles. The zero-order valence-electron chi connectivity index (χ0n) is 11.9. The fraction of sp³-hybridized carbons (Fsp3) is 0.333. The summed E-state index contributed by atoms with van der Waals surface area (Å²) >= 11 is 0. The summed E-state index contributed by atoms with van der Waals surface area (Å²) < 4.78 is 5.11. The molecule has 0 saturated heterocycles. The van der Waals surface area contributed by atoms with E-state index in [1.54, 1.807) is 0 Å². The van der Waals surface area contributed by atoms with Crippen molar-refractivity contribution in [2.75, 3.05) is 0 Å². The van der Waals surface area contributed by atoms with E-state index in [-0.39, 0.29) is 11.9 Å². The normalized spacial score (nSPS) is 13.8. The van der Waals surface area contributed by atoms with Crippen molar-refractivity contribution in [1.29, 1.82) is 0 Å². The lowest BCUT2D eigenvalue weighted by molar-refractivity contribution is -0.123. The smallest absolute Gasteiger partial charge is 0.241 e. The molecule has 2 atom stereocenters. The molecule has 20 heavy (non-hydrogen) atoms. The topological polar surface area (TPSA) is 81.2 Å².